The third-order valence-corrected chi connectivity index (χ3v) is 2.96. The minimum Gasteiger partial charge on any atom is -0.315 e. The van der Waals surface area contributed by atoms with Crippen LogP contribution in [0.25, 0.3) is 0 Å². The van der Waals surface area contributed by atoms with Gasteiger partial charge in [0.25, 0.3) is 0 Å². The minimum absolute atomic E-state index is 0.636. The van der Waals surface area contributed by atoms with Crippen molar-refractivity contribution in [3.63, 3.8) is 0 Å². The molecule has 18 heavy (non-hydrogen) atoms. The fraction of sp³-hybridized carbons (Fsp3) is 0.833. The van der Waals surface area contributed by atoms with Gasteiger partial charge >= 0.3 is 0 Å². The Labute approximate surface area is 109 Å². The Morgan fingerprint density at radius 2 is 1.11 bits per heavy atom. The highest BCUT2D eigenvalue weighted by molar-refractivity contribution is 4.80. The third kappa shape index (κ3) is 6.29. The van der Waals surface area contributed by atoms with Gasteiger partial charge in [0.15, 0.2) is 12.4 Å². The van der Waals surface area contributed by atoms with Gasteiger partial charge in [0, 0.05) is 39.3 Å². The van der Waals surface area contributed by atoms with Crippen LogP contribution in [0.3, 0.4) is 0 Å². The first kappa shape index (κ1) is 14.6. The normalized spacial score (nSPS) is 20.6. The topological polar surface area (TPSA) is 78.1 Å². The summed E-state index contributed by atoms with van der Waals surface area (Å²) in [6.07, 6.45) is 6.29. The first-order chi connectivity index (χ1) is 8.86. The van der Waals surface area contributed by atoms with Crippen LogP contribution in [0.2, 0.25) is 0 Å². The Hall–Kier alpha value is -1.50. The maximum absolute atomic E-state index is 9.00. The van der Waals surface area contributed by atoms with Crippen molar-refractivity contribution in [3.05, 3.63) is 0 Å². The second-order valence-electron chi connectivity index (χ2n) is 4.38. The molecular formula is C12H22N6. The zero-order valence-electron chi connectivity index (χ0n) is 10.9. The summed E-state index contributed by atoms with van der Waals surface area (Å²) in [7, 11) is 0. The van der Waals surface area contributed by atoms with Gasteiger partial charge in [0.2, 0.25) is 0 Å². The standard InChI is InChI=1S/C12H22N6/c13-11-17-7-1-3-15-5-6-16-4-2-8-18(12-14)10-9-17/h15-16H,1-10H2. The number of rotatable bonds is 0. The van der Waals surface area contributed by atoms with E-state index in [0.717, 1.165) is 52.1 Å². The zero-order chi connectivity index (χ0) is 13.1. The molecule has 0 aromatic carbocycles. The van der Waals surface area contributed by atoms with Gasteiger partial charge in [-0.05, 0) is 25.9 Å². The maximum atomic E-state index is 9.00. The van der Waals surface area contributed by atoms with Gasteiger partial charge in [-0.15, -0.1) is 0 Å². The van der Waals surface area contributed by atoms with Crippen LogP contribution >= 0.6 is 0 Å². The highest BCUT2D eigenvalue weighted by Gasteiger charge is 2.06. The number of nitriles is 2. The van der Waals surface area contributed by atoms with E-state index in [4.69, 9.17) is 10.5 Å². The fourth-order valence-electron chi connectivity index (χ4n) is 1.88. The molecule has 0 radical (unpaired) electrons. The average Bonchev–Trinajstić information content (AvgIpc) is 2.41. The largest absolute Gasteiger partial charge is 0.315 e. The summed E-state index contributed by atoms with van der Waals surface area (Å²) in [5.41, 5.74) is 0. The molecule has 6 nitrogen and oxygen atoms in total. The van der Waals surface area contributed by atoms with E-state index in [9.17, 15) is 0 Å². The summed E-state index contributed by atoms with van der Waals surface area (Å²) in [6, 6.07) is 0. The summed E-state index contributed by atoms with van der Waals surface area (Å²) in [6.45, 7) is 6.56. The van der Waals surface area contributed by atoms with E-state index < -0.39 is 0 Å². The van der Waals surface area contributed by atoms with Crippen LogP contribution in [0.4, 0.5) is 0 Å². The zero-order valence-corrected chi connectivity index (χ0v) is 10.9. The number of hydrogen-bond donors (Lipinski definition) is 2. The summed E-state index contributed by atoms with van der Waals surface area (Å²) in [5, 5.41) is 24.7. The molecule has 0 aromatic heterocycles. The number of nitrogens with zero attached hydrogens (tertiary/aromatic N) is 4. The molecule has 1 aliphatic heterocycles. The fourth-order valence-corrected chi connectivity index (χ4v) is 1.88. The first-order valence-electron chi connectivity index (χ1n) is 6.57. The van der Waals surface area contributed by atoms with E-state index in [2.05, 4.69) is 23.0 Å². The lowest BCUT2D eigenvalue weighted by atomic mass is 10.3. The van der Waals surface area contributed by atoms with Gasteiger partial charge < -0.3 is 20.4 Å². The first-order valence-corrected chi connectivity index (χ1v) is 6.57. The molecular weight excluding hydrogens is 228 g/mol. The predicted molar refractivity (Wildman–Crippen MR) is 69.3 cm³/mol. The van der Waals surface area contributed by atoms with Crippen LogP contribution in [0.5, 0.6) is 0 Å². The number of nitrogens with one attached hydrogen (secondary N) is 2. The summed E-state index contributed by atoms with van der Waals surface area (Å²) >= 11 is 0. The predicted octanol–water partition coefficient (Wildman–Crippen LogP) is -0.474. The number of hydrogen-bond acceptors (Lipinski definition) is 6. The van der Waals surface area contributed by atoms with Crippen molar-refractivity contribution in [3.8, 4) is 12.4 Å². The molecule has 0 amide bonds. The minimum atomic E-state index is 0.636. The lowest BCUT2D eigenvalue weighted by Gasteiger charge is -2.21. The molecule has 0 aliphatic carbocycles. The second-order valence-corrected chi connectivity index (χ2v) is 4.38. The lowest BCUT2D eigenvalue weighted by Crippen LogP contribution is -2.35. The Kier molecular flexibility index (Phi) is 7.70. The Balaban J connectivity index is 2.39. The van der Waals surface area contributed by atoms with E-state index in [-0.39, 0.29) is 0 Å². The van der Waals surface area contributed by atoms with Crippen LogP contribution in [0.15, 0.2) is 0 Å². The SMILES string of the molecule is N#CN1CCCNCCNCCCN(C#N)CC1. The molecule has 0 saturated carbocycles. The van der Waals surface area contributed by atoms with Crippen LogP contribution in [-0.2, 0) is 0 Å². The van der Waals surface area contributed by atoms with Gasteiger partial charge in [-0.2, -0.15) is 10.5 Å². The second kappa shape index (κ2) is 9.52. The molecule has 1 heterocycles. The van der Waals surface area contributed by atoms with Crippen molar-refractivity contribution < 1.29 is 0 Å². The van der Waals surface area contributed by atoms with E-state index in [1.54, 1.807) is 9.80 Å². The highest BCUT2D eigenvalue weighted by atomic mass is 15.2. The summed E-state index contributed by atoms with van der Waals surface area (Å²) in [4.78, 5) is 3.46. The van der Waals surface area contributed by atoms with Crippen LogP contribution in [-0.4, -0.2) is 62.2 Å². The van der Waals surface area contributed by atoms with E-state index in [0.29, 0.717) is 13.1 Å². The molecule has 1 fully saturated rings. The Morgan fingerprint density at radius 1 is 0.667 bits per heavy atom. The molecule has 0 unspecified atom stereocenters. The monoisotopic (exact) mass is 250 g/mol. The van der Waals surface area contributed by atoms with Crippen molar-refractivity contribution in [1.82, 2.24) is 20.4 Å². The molecule has 1 saturated heterocycles. The Bertz CT molecular complexity index is 262. The smallest absolute Gasteiger partial charge is 0.179 e. The summed E-state index contributed by atoms with van der Waals surface area (Å²) in [5.74, 6) is 0. The van der Waals surface area contributed by atoms with E-state index in [1.807, 2.05) is 0 Å². The molecule has 1 rings (SSSR count). The van der Waals surface area contributed by atoms with E-state index >= 15 is 0 Å². The van der Waals surface area contributed by atoms with Crippen molar-refractivity contribution in [2.75, 3.05) is 52.4 Å². The quantitative estimate of drug-likeness (QED) is 0.566. The van der Waals surface area contributed by atoms with Gasteiger partial charge in [-0.1, -0.05) is 0 Å². The molecule has 0 aromatic rings. The Morgan fingerprint density at radius 3 is 1.50 bits per heavy atom. The van der Waals surface area contributed by atoms with Crippen molar-refractivity contribution in [2.24, 2.45) is 0 Å². The van der Waals surface area contributed by atoms with Crippen LogP contribution in [0.1, 0.15) is 12.8 Å². The summed E-state index contributed by atoms with van der Waals surface area (Å²) < 4.78 is 0. The molecule has 6 heteroatoms. The van der Waals surface area contributed by atoms with Crippen molar-refractivity contribution in [2.45, 2.75) is 12.8 Å². The van der Waals surface area contributed by atoms with Gasteiger partial charge in [-0.3, -0.25) is 0 Å². The molecule has 1 aliphatic rings. The van der Waals surface area contributed by atoms with E-state index in [1.165, 1.54) is 0 Å². The molecule has 0 spiro atoms. The van der Waals surface area contributed by atoms with Gasteiger partial charge in [0.05, 0.1) is 0 Å². The molecule has 0 atom stereocenters. The van der Waals surface area contributed by atoms with Crippen molar-refractivity contribution in [1.29, 1.82) is 10.5 Å². The molecule has 2 N–H and O–H groups in total. The van der Waals surface area contributed by atoms with Crippen molar-refractivity contribution >= 4 is 0 Å². The van der Waals surface area contributed by atoms with Crippen LogP contribution < -0.4 is 10.6 Å². The van der Waals surface area contributed by atoms with Crippen LogP contribution in [0, 0.1) is 22.9 Å². The lowest BCUT2D eigenvalue weighted by molar-refractivity contribution is 0.303. The average molecular weight is 250 g/mol. The molecule has 100 valence electrons. The van der Waals surface area contributed by atoms with Gasteiger partial charge in [-0.25, -0.2) is 0 Å². The third-order valence-electron chi connectivity index (χ3n) is 2.96. The highest BCUT2D eigenvalue weighted by Crippen LogP contribution is 1.94. The maximum Gasteiger partial charge on any atom is 0.179 e. The molecule has 0 bridgehead atoms. The van der Waals surface area contributed by atoms with Gasteiger partial charge in [0.1, 0.15) is 0 Å².